The molecule has 4 nitrogen and oxygen atoms in total. The Morgan fingerprint density at radius 3 is 2.58 bits per heavy atom. The minimum absolute atomic E-state index is 0.669. The maximum atomic E-state index is 6.45. The molecule has 1 N–H and O–H groups in total. The Morgan fingerprint density at radius 1 is 1.37 bits per heavy atom. The summed E-state index contributed by atoms with van der Waals surface area (Å²) in [5, 5.41) is 8.79. The number of nitrogens with one attached hydrogen (secondary N) is 1. The van der Waals surface area contributed by atoms with Gasteiger partial charge in [-0.05, 0) is 38.9 Å². The van der Waals surface area contributed by atoms with E-state index >= 15 is 0 Å². The van der Waals surface area contributed by atoms with Crippen LogP contribution in [0.1, 0.15) is 38.1 Å². The lowest BCUT2D eigenvalue weighted by Crippen LogP contribution is -2.42. The molecule has 2 rings (SSSR count). The van der Waals surface area contributed by atoms with Crippen LogP contribution in [0.25, 0.3) is 0 Å². The highest BCUT2D eigenvalue weighted by atomic mass is 35.5. The van der Waals surface area contributed by atoms with E-state index in [1.807, 2.05) is 11.7 Å². The second-order valence-electron chi connectivity index (χ2n) is 5.23. The summed E-state index contributed by atoms with van der Waals surface area (Å²) < 4.78 is 1.95. The molecule has 19 heavy (non-hydrogen) atoms. The first kappa shape index (κ1) is 14.8. The molecular weight excluding hydrogens is 260 g/mol. The van der Waals surface area contributed by atoms with Crippen molar-refractivity contribution >= 4 is 11.6 Å². The average molecular weight is 285 g/mol. The van der Waals surface area contributed by atoms with E-state index in [-0.39, 0.29) is 0 Å². The molecule has 0 unspecified atom stereocenters. The maximum absolute atomic E-state index is 6.45. The van der Waals surface area contributed by atoms with Gasteiger partial charge in [0.05, 0.1) is 16.4 Å². The van der Waals surface area contributed by atoms with Crippen LogP contribution >= 0.6 is 11.6 Å². The van der Waals surface area contributed by atoms with Crippen molar-refractivity contribution < 1.29 is 0 Å². The third-order valence-corrected chi connectivity index (χ3v) is 4.52. The molecule has 0 amide bonds. The SMILES string of the molecule is CCc1nn(C)c(CN(CC)C2CCNCC2)c1Cl. The third-order valence-electron chi connectivity index (χ3n) is 4.09. The highest BCUT2D eigenvalue weighted by Crippen LogP contribution is 2.24. The number of aryl methyl sites for hydroxylation is 2. The van der Waals surface area contributed by atoms with Crippen molar-refractivity contribution in [2.75, 3.05) is 19.6 Å². The summed E-state index contributed by atoms with van der Waals surface area (Å²) in [6.07, 6.45) is 3.35. The van der Waals surface area contributed by atoms with Crippen molar-refractivity contribution in [3.63, 3.8) is 0 Å². The summed E-state index contributed by atoms with van der Waals surface area (Å²) in [4.78, 5) is 2.53. The molecule has 0 radical (unpaired) electrons. The second-order valence-corrected chi connectivity index (χ2v) is 5.61. The van der Waals surface area contributed by atoms with Gasteiger partial charge in [0.25, 0.3) is 0 Å². The van der Waals surface area contributed by atoms with Crippen LogP contribution in [0.5, 0.6) is 0 Å². The molecule has 1 aliphatic rings. The van der Waals surface area contributed by atoms with Gasteiger partial charge in [-0.3, -0.25) is 9.58 Å². The van der Waals surface area contributed by atoms with Crippen molar-refractivity contribution in [3.8, 4) is 0 Å². The zero-order chi connectivity index (χ0) is 13.8. The Hall–Kier alpha value is -0.580. The number of hydrogen-bond donors (Lipinski definition) is 1. The Labute approximate surface area is 121 Å². The zero-order valence-corrected chi connectivity index (χ0v) is 13.0. The molecule has 0 bridgehead atoms. The van der Waals surface area contributed by atoms with Gasteiger partial charge in [-0.25, -0.2) is 0 Å². The van der Waals surface area contributed by atoms with Gasteiger partial charge in [0.2, 0.25) is 0 Å². The quantitative estimate of drug-likeness (QED) is 0.900. The predicted molar refractivity (Wildman–Crippen MR) is 79.6 cm³/mol. The molecule has 0 aliphatic carbocycles. The molecule has 1 aromatic heterocycles. The van der Waals surface area contributed by atoms with Crippen LogP contribution in [0.2, 0.25) is 5.02 Å². The normalized spacial score (nSPS) is 17.3. The van der Waals surface area contributed by atoms with Crippen molar-refractivity contribution in [2.45, 2.75) is 45.7 Å². The van der Waals surface area contributed by atoms with Gasteiger partial charge in [-0.15, -0.1) is 0 Å². The fraction of sp³-hybridized carbons (Fsp3) is 0.786. The second kappa shape index (κ2) is 6.73. The summed E-state index contributed by atoms with van der Waals surface area (Å²) in [7, 11) is 2.00. The van der Waals surface area contributed by atoms with Crippen LogP contribution in [0.4, 0.5) is 0 Å². The number of hydrogen-bond acceptors (Lipinski definition) is 3. The Bertz CT molecular complexity index is 410. The molecule has 1 aromatic rings. The van der Waals surface area contributed by atoms with E-state index in [0.717, 1.165) is 49.0 Å². The summed E-state index contributed by atoms with van der Waals surface area (Å²) in [5.74, 6) is 0. The van der Waals surface area contributed by atoms with E-state index in [9.17, 15) is 0 Å². The van der Waals surface area contributed by atoms with Gasteiger partial charge in [-0.1, -0.05) is 25.4 Å². The number of halogens is 1. The molecule has 5 heteroatoms. The Kier molecular flexibility index (Phi) is 5.25. The van der Waals surface area contributed by atoms with Crippen molar-refractivity contribution in [1.82, 2.24) is 20.0 Å². The van der Waals surface area contributed by atoms with Crippen LogP contribution < -0.4 is 5.32 Å². The molecule has 0 atom stereocenters. The highest BCUT2D eigenvalue weighted by Gasteiger charge is 2.22. The molecule has 0 spiro atoms. The number of nitrogens with zero attached hydrogens (tertiary/aromatic N) is 3. The van der Waals surface area contributed by atoms with Gasteiger partial charge in [0.1, 0.15) is 0 Å². The molecule has 2 heterocycles. The van der Waals surface area contributed by atoms with Crippen molar-refractivity contribution in [2.24, 2.45) is 7.05 Å². The Morgan fingerprint density at radius 2 is 2.05 bits per heavy atom. The number of aromatic nitrogens is 2. The molecule has 1 fully saturated rings. The number of piperidine rings is 1. The molecule has 0 aromatic carbocycles. The van der Waals surface area contributed by atoms with E-state index < -0.39 is 0 Å². The largest absolute Gasteiger partial charge is 0.317 e. The molecule has 108 valence electrons. The third kappa shape index (κ3) is 3.30. The van der Waals surface area contributed by atoms with Crippen LogP contribution in [0, 0.1) is 0 Å². The first-order valence-electron chi connectivity index (χ1n) is 7.32. The van der Waals surface area contributed by atoms with Gasteiger partial charge in [-0.2, -0.15) is 5.10 Å². The van der Waals surface area contributed by atoms with E-state index in [2.05, 4.69) is 29.2 Å². The minimum Gasteiger partial charge on any atom is -0.317 e. The van der Waals surface area contributed by atoms with Gasteiger partial charge in [0, 0.05) is 19.6 Å². The molecule has 0 saturated carbocycles. The maximum Gasteiger partial charge on any atom is 0.0863 e. The molecule has 1 aliphatic heterocycles. The van der Waals surface area contributed by atoms with Crippen LogP contribution in [0.3, 0.4) is 0 Å². The predicted octanol–water partition coefficient (Wildman–Crippen LogP) is 2.21. The fourth-order valence-corrected chi connectivity index (χ4v) is 3.21. The van der Waals surface area contributed by atoms with Crippen molar-refractivity contribution in [1.29, 1.82) is 0 Å². The first-order valence-corrected chi connectivity index (χ1v) is 7.70. The smallest absolute Gasteiger partial charge is 0.0863 e. The fourth-order valence-electron chi connectivity index (χ4n) is 2.85. The zero-order valence-electron chi connectivity index (χ0n) is 12.2. The Balaban J connectivity index is 2.11. The summed E-state index contributed by atoms with van der Waals surface area (Å²) in [6.45, 7) is 8.55. The van der Waals surface area contributed by atoms with Gasteiger partial charge >= 0.3 is 0 Å². The van der Waals surface area contributed by atoms with Gasteiger partial charge in [0.15, 0.2) is 0 Å². The van der Waals surface area contributed by atoms with E-state index in [0.29, 0.717) is 6.04 Å². The lowest BCUT2D eigenvalue weighted by molar-refractivity contribution is 0.158. The summed E-state index contributed by atoms with van der Waals surface area (Å²) in [6, 6.07) is 0.669. The first-order chi connectivity index (χ1) is 9.17. The topological polar surface area (TPSA) is 33.1 Å². The minimum atomic E-state index is 0.669. The lowest BCUT2D eigenvalue weighted by atomic mass is 10.0. The number of rotatable bonds is 5. The lowest BCUT2D eigenvalue weighted by Gasteiger charge is -2.33. The van der Waals surface area contributed by atoms with Crippen LogP contribution in [-0.2, 0) is 20.0 Å². The summed E-state index contributed by atoms with van der Waals surface area (Å²) in [5.41, 5.74) is 2.17. The highest BCUT2D eigenvalue weighted by molar-refractivity contribution is 6.31. The van der Waals surface area contributed by atoms with Gasteiger partial charge < -0.3 is 5.32 Å². The summed E-state index contributed by atoms with van der Waals surface area (Å²) >= 11 is 6.45. The van der Waals surface area contributed by atoms with E-state index in [1.165, 1.54) is 12.8 Å². The monoisotopic (exact) mass is 284 g/mol. The van der Waals surface area contributed by atoms with E-state index in [1.54, 1.807) is 0 Å². The van der Waals surface area contributed by atoms with Crippen molar-refractivity contribution in [3.05, 3.63) is 16.4 Å². The molecular formula is C14H25ClN4. The average Bonchev–Trinajstić information content (AvgIpc) is 2.72. The standard InChI is InChI=1S/C14H25ClN4/c1-4-12-14(15)13(18(3)17-12)10-19(5-2)11-6-8-16-9-7-11/h11,16H,4-10H2,1-3H3. The molecule has 1 saturated heterocycles. The van der Waals surface area contributed by atoms with Crippen LogP contribution in [-0.4, -0.2) is 40.4 Å². The van der Waals surface area contributed by atoms with Crippen LogP contribution in [0.15, 0.2) is 0 Å². The van der Waals surface area contributed by atoms with E-state index in [4.69, 9.17) is 11.6 Å².